The van der Waals surface area contributed by atoms with Crippen LogP contribution in [0.2, 0.25) is 0 Å². The SMILES string of the molecule is CN1CCCC(C(C)(C)CNC(=O)CNC2CC2)C1. The lowest BCUT2D eigenvalue weighted by atomic mass is 9.74. The van der Waals surface area contributed by atoms with Crippen molar-refractivity contribution < 1.29 is 4.79 Å². The van der Waals surface area contributed by atoms with E-state index in [2.05, 4.69) is 36.4 Å². The number of likely N-dealkylation sites (tertiary alicyclic amines) is 1. The minimum atomic E-state index is 0.143. The normalized spacial score (nSPS) is 25.3. The van der Waals surface area contributed by atoms with Crippen LogP contribution in [0.15, 0.2) is 0 Å². The first-order valence-corrected chi connectivity index (χ1v) is 7.66. The van der Waals surface area contributed by atoms with Crippen LogP contribution in [0.1, 0.15) is 39.5 Å². The zero-order valence-electron chi connectivity index (χ0n) is 12.7. The molecule has 2 rings (SSSR count). The summed E-state index contributed by atoms with van der Waals surface area (Å²) < 4.78 is 0. The number of carbonyl (C=O) groups is 1. The predicted molar refractivity (Wildman–Crippen MR) is 78.0 cm³/mol. The van der Waals surface area contributed by atoms with Gasteiger partial charge in [-0.15, -0.1) is 0 Å². The van der Waals surface area contributed by atoms with E-state index in [4.69, 9.17) is 0 Å². The van der Waals surface area contributed by atoms with Crippen LogP contribution in [0.3, 0.4) is 0 Å². The molecule has 1 amide bonds. The summed E-state index contributed by atoms with van der Waals surface area (Å²) in [4.78, 5) is 14.2. The second-order valence-electron chi connectivity index (χ2n) is 7.02. The van der Waals surface area contributed by atoms with Gasteiger partial charge < -0.3 is 15.5 Å². The van der Waals surface area contributed by atoms with Gasteiger partial charge in [0.25, 0.3) is 0 Å². The Morgan fingerprint density at radius 1 is 1.32 bits per heavy atom. The topological polar surface area (TPSA) is 44.4 Å². The second-order valence-corrected chi connectivity index (χ2v) is 7.02. The van der Waals surface area contributed by atoms with Crippen molar-refractivity contribution in [3.05, 3.63) is 0 Å². The average Bonchev–Trinajstić information content (AvgIpc) is 3.18. The molecule has 2 fully saturated rings. The third-order valence-corrected chi connectivity index (χ3v) is 4.60. The van der Waals surface area contributed by atoms with Crippen molar-refractivity contribution in [1.82, 2.24) is 15.5 Å². The van der Waals surface area contributed by atoms with Crippen LogP contribution < -0.4 is 10.6 Å². The number of hydrogen-bond acceptors (Lipinski definition) is 3. The number of nitrogens with zero attached hydrogens (tertiary/aromatic N) is 1. The third kappa shape index (κ3) is 4.77. The van der Waals surface area contributed by atoms with E-state index in [0.717, 1.165) is 13.1 Å². The maximum atomic E-state index is 11.8. The number of carbonyl (C=O) groups excluding carboxylic acids is 1. The number of amides is 1. The summed E-state index contributed by atoms with van der Waals surface area (Å²) >= 11 is 0. The molecule has 1 unspecified atom stereocenters. The van der Waals surface area contributed by atoms with Crippen LogP contribution in [0.4, 0.5) is 0 Å². The predicted octanol–water partition coefficient (Wildman–Crippen LogP) is 1.22. The lowest BCUT2D eigenvalue weighted by molar-refractivity contribution is -0.121. The summed E-state index contributed by atoms with van der Waals surface area (Å²) in [7, 11) is 2.19. The minimum absolute atomic E-state index is 0.143. The van der Waals surface area contributed by atoms with Gasteiger partial charge in [-0.2, -0.15) is 0 Å². The standard InChI is InChI=1S/C15H29N3O/c1-15(2,12-5-4-8-18(3)10-12)11-17-14(19)9-16-13-6-7-13/h12-13,16H,4-11H2,1-3H3,(H,17,19). The fourth-order valence-corrected chi connectivity index (χ4v) is 2.86. The molecule has 4 heteroatoms. The van der Waals surface area contributed by atoms with Crippen molar-refractivity contribution in [1.29, 1.82) is 0 Å². The quantitative estimate of drug-likeness (QED) is 0.760. The average molecular weight is 267 g/mol. The molecule has 110 valence electrons. The zero-order chi connectivity index (χ0) is 13.9. The molecule has 0 aromatic rings. The fraction of sp³-hybridized carbons (Fsp3) is 0.933. The molecule has 4 nitrogen and oxygen atoms in total. The molecule has 2 N–H and O–H groups in total. The third-order valence-electron chi connectivity index (χ3n) is 4.60. The van der Waals surface area contributed by atoms with E-state index in [1.807, 2.05) is 0 Å². The van der Waals surface area contributed by atoms with Gasteiger partial charge in [0, 0.05) is 19.1 Å². The van der Waals surface area contributed by atoms with Crippen molar-refractivity contribution >= 4 is 5.91 Å². The molecule has 1 aliphatic heterocycles. The van der Waals surface area contributed by atoms with E-state index in [-0.39, 0.29) is 11.3 Å². The molecule has 1 saturated carbocycles. The molecule has 1 aliphatic carbocycles. The Bertz CT molecular complexity index is 313. The minimum Gasteiger partial charge on any atom is -0.354 e. The molecule has 0 aromatic carbocycles. The van der Waals surface area contributed by atoms with Gasteiger partial charge in [-0.1, -0.05) is 13.8 Å². The highest BCUT2D eigenvalue weighted by Gasteiger charge is 2.32. The van der Waals surface area contributed by atoms with E-state index in [1.54, 1.807) is 0 Å². The molecule has 0 spiro atoms. The molecule has 0 aromatic heterocycles. The monoisotopic (exact) mass is 267 g/mol. The summed E-state index contributed by atoms with van der Waals surface area (Å²) in [6, 6.07) is 0.603. The van der Waals surface area contributed by atoms with E-state index >= 15 is 0 Å². The Morgan fingerprint density at radius 2 is 2.05 bits per heavy atom. The van der Waals surface area contributed by atoms with Gasteiger partial charge in [0.05, 0.1) is 6.54 Å². The first kappa shape index (κ1) is 14.8. The molecule has 1 atom stereocenters. The molecular weight excluding hydrogens is 238 g/mol. The van der Waals surface area contributed by atoms with Crippen molar-refractivity contribution in [2.45, 2.75) is 45.6 Å². The Morgan fingerprint density at radius 3 is 2.68 bits per heavy atom. The summed E-state index contributed by atoms with van der Waals surface area (Å²) in [5.74, 6) is 0.826. The van der Waals surface area contributed by atoms with E-state index in [1.165, 1.54) is 32.2 Å². The van der Waals surface area contributed by atoms with Gasteiger partial charge in [0.2, 0.25) is 5.91 Å². The molecule has 0 bridgehead atoms. The van der Waals surface area contributed by atoms with Crippen LogP contribution in [-0.4, -0.2) is 50.1 Å². The van der Waals surface area contributed by atoms with Crippen LogP contribution in [-0.2, 0) is 4.79 Å². The van der Waals surface area contributed by atoms with Crippen molar-refractivity contribution in [2.75, 3.05) is 33.2 Å². The zero-order valence-corrected chi connectivity index (χ0v) is 12.7. The molecule has 0 radical (unpaired) electrons. The lowest BCUT2D eigenvalue weighted by Gasteiger charge is -2.40. The highest BCUT2D eigenvalue weighted by Crippen LogP contribution is 2.32. The highest BCUT2D eigenvalue weighted by atomic mass is 16.1. The molecule has 1 saturated heterocycles. The Balaban J connectivity index is 1.70. The molecule has 19 heavy (non-hydrogen) atoms. The summed E-state index contributed by atoms with van der Waals surface area (Å²) in [6.45, 7) is 8.20. The molecule has 1 heterocycles. The first-order chi connectivity index (χ1) is 8.97. The largest absolute Gasteiger partial charge is 0.354 e. The van der Waals surface area contributed by atoms with Gasteiger partial charge >= 0.3 is 0 Å². The number of hydrogen-bond donors (Lipinski definition) is 2. The lowest BCUT2D eigenvalue weighted by Crippen LogP contribution is -2.46. The van der Waals surface area contributed by atoms with Gasteiger partial charge in [0.1, 0.15) is 0 Å². The van der Waals surface area contributed by atoms with Gasteiger partial charge in [-0.3, -0.25) is 4.79 Å². The van der Waals surface area contributed by atoms with Crippen molar-refractivity contribution in [3.63, 3.8) is 0 Å². The maximum absolute atomic E-state index is 11.8. The Labute approximate surface area is 117 Å². The van der Waals surface area contributed by atoms with Crippen molar-refractivity contribution in [3.8, 4) is 0 Å². The molecule has 2 aliphatic rings. The Kier molecular flexibility index (Phi) is 4.85. The Hall–Kier alpha value is -0.610. The number of rotatable bonds is 6. The number of piperidine rings is 1. The van der Waals surface area contributed by atoms with Gasteiger partial charge in [0.15, 0.2) is 0 Å². The van der Waals surface area contributed by atoms with Crippen LogP contribution in [0.5, 0.6) is 0 Å². The van der Waals surface area contributed by atoms with Crippen LogP contribution in [0.25, 0.3) is 0 Å². The first-order valence-electron chi connectivity index (χ1n) is 7.66. The van der Waals surface area contributed by atoms with E-state index in [0.29, 0.717) is 18.5 Å². The summed E-state index contributed by atoms with van der Waals surface area (Å²) in [5, 5.41) is 6.36. The smallest absolute Gasteiger partial charge is 0.233 e. The van der Waals surface area contributed by atoms with E-state index in [9.17, 15) is 4.79 Å². The van der Waals surface area contributed by atoms with Crippen LogP contribution >= 0.6 is 0 Å². The van der Waals surface area contributed by atoms with E-state index < -0.39 is 0 Å². The fourth-order valence-electron chi connectivity index (χ4n) is 2.86. The van der Waals surface area contributed by atoms with Gasteiger partial charge in [-0.05, 0) is 50.6 Å². The second kappa shape index (κ2) is 6.23. The summed E-state index contributed by atoms with van der Waals surface area (Å²) in [6.07, 6.45) is 5.02. The van der Waals surface area contributed by atoms with Gasteiger partial charge in [-0.25, -0.2) is 0 Å². The molecular formula is C15H29N3O. The highest BCUT2D eigenvalue weighted by molar-refractivity contribution is 5.78. The van der Waals surface area contributed by atoms with Crippen molar-refractivity contribution in [2.24, 2.45) is 11.3 Å². The summed E-state index contributed by atoms with van der Waals surface area (Å²) in [5.41, 5.74) is 0.184. The maximum Gasteiger partial charge on any atom is 0.233 e. The number of nitrogens with one attached hydrogen (secondary N) is 2. The van der Waals surface area contributed by atoms with Crippen LogP contribution in [0, 0.1) is 11.3 Å².